The second kappa shape index (κ2) is 6.97. The average Bonchev–Trinajstić information content (AvgIpc) is 2.81. The highest BCUT2D eigenvalue weighted by Gasteiger charge is 2.23. The van der Waals surface area contributed by atoms with E-state index in [2.05, 4.69) is 48.8 Å². The summed E-state index contributed by atoms with van der Waals surface area (Å²) in [5.74, 6) is -0.116. The standard InChI is InChI=1S/C16H10BrIN2OS/c17-11-3-1-2-10(8-11)9-14-15(21)20-16(22-14)19-13-6-4-12(18)5-7-13/h1-9H,(H,19,20,21)/b14-9+. The number of carbonyl (C=O) groups is 1. The summed E-state index contributed by atoms with van der Waals surface area (Å²) in [5.41, 5.74) is 1.80. The third kappa shape index (κ3) is 3.99. The van der Waals surface area contributed by atoms with Crippen LogP contribution in [-0.4, -0.2) is 11.1 Å². The Balaban J connectivity index is 1.82. The molecule has 0 aliphatic carbocycles. The molecule has 2 aromatic rings. The fourth-order valence-corrected chi connectivity index (χ4v) is 3.48. The summed E-state index contributed by atoms with van der Waals surface area (Å²) in [6.45, 7) is 0. The number of amidine groups is 1. The van der Waals surface area contributed by atoms with Gasteiger partial charge in [-0.25, -0.2) is 4.99 Å². The summed E-state index contributed by atoms with van der Waals surface area (Å²) in [6, 6.07) is 15.6. The number of halogens is 2. The largest absolute Gasteiger partial charge is 0.300 e. The molecule has 3 nitrogen and oxygen atoms in total. The third-order valence-electron chi connectivity index (χ3n) is 2.85. The van der Waals surface area contributed by atoms with Gasteiger partial charge in [0.05, 0.1) is 10.6 Å². The molecule has 0 bridgehead atoms. The van der Waals surface area contributed by atoms with Crippen molar-refractivity contribution in [1.82, 2.24) is 5.32 Å². The molecule has 1 fully saturated rings. The van der Waals surface area contributed by atoms with Gasteiger partial charge in [0.2, 0.25) is 0 Å². The highest BCUT2D eigenvalue weighted by molar-refractivity contribution is 14.1. The van der Waals surface area contributed by atoms with Crippen LogP contribution in [0, 0.1) is 3.57 Å². The van der Waals surface area contributed by atoms with Gasteiger partial charge >= 0.3 is 0 Å². The molecule has 1 aliphatic rings. The number of aliphatic imine (C=N–C) groups is 1. The van der Waals surface area contributed by atoms with Crippen LogP contribution in [0.3, 0.4) is 0 Å². The molecule has 0 aromatic heterocycles. The first-order valence-corrected chi connectivity index (χ1v) is 9.10. The number of nitrogens with one attached hydrogen (secondary N) is 1. The van der Waals surface area contributed by atoms with Crippen LogP contribution in [0.1, 0.15) is 5.56 Å². The molecule has 1 amide bonds. The molecule has 0 spiro atoms. The van der Waals surface area contributed by atoms with E-state index in [4.69, 9.17) is 0 Å². The first kappa shape index (κ1) is 15.8. The van der Waals surface area contributed by atoms with E-state index < -0.39 is 0 Å². The van der Waals surface area contributed by atoms with Gasteiger partial charge in [-0.3, -0.25) is 4.79 Å². The Bertz CT molecular complexity index is 787. The fraction of sp³-hybridized carbons (Fsp3) is 0. The molecule has 0 unspecified atom stereocenters. The average molecular weight is 485 g/mol. The van der Waals surface area contributed by atoms with Crippen molar-refractivity contribution in [3.8, 4) is 0 Å². The van der Waals surface area contributed by atoms with Gasteiger partial charge in [-0.05, 0) is 82.4 Å². The zero-order valence-corrected chi connectivity index (χ0v) is 15.8. The van der Waals surface area contributed by atoms with Gasteiger partial charge < -0.3 is 5.32 Å². The molecule has 0 radical (unpaired) electrons. The number of carbonyl (C=O) groups excluding carboxylic acids is 1. The maximum atomic E-state index is 12.0. The molecule has 0 atom stereocenters. The van der Waals surface area contributed by atoms with E-state index in [0.29, 0.717) is 10.1 Å². The molecular weight excluding hydrogens is 475 g/mol. The Morgan fingerprint density at radius 1 is 1.18 bits per heavy atom. The molecular formula is C16H10BrIN2OS. The first-order chi connectivity index (χ1) is 10.6. The summed E-state index contributed by atoms with van der Waals surface area (Å²) in [6.07, 6.45) is 1.86. The van der Waals surface area contributed by atoms with Gasteiger partial charge in [0.25, 0.3) is 5.91 Å². The molecule has 110 valence electrons. The van der Waals surface area contributed by atoms with Crippen LogP contribution < -0.4 is 5.32 Å². The second-order valence-electron chi connectivity index (χ2n) is 4.51. The van der Waals surface area contributed by atoms with E-state index in [9.17, 15) is 4.79 Å². The Kier molecular flexibility index (Phi) is 5.00. The van der Waals surface area contributed by atoms with Crippen LogP contribution in [0.5, 0.6) is 0 Å². The number of thioether (sulfide) groups is 1. The monoisotopic (exact) mass is 484 g/mol. The lowest BCUT2D eigenvalue weighted by atomic mass is 10.2. The van der Waals surface area contributed by atoms with E-state index in [1.54, 1.807) is 0 Å². The van der Waals surface area contributed by atoms with E-state index >= 15 is 0 Å². The maximum Gasteiger partial charge on any atom is 0.264 e. The lowest BCUT2D eigenvalue weighted by Gasteiger charge is -1.96. The van der Waals surface area contributed by atoms with Crippen LogP contribution >= 0.6 is 50.3 Å². The van der Waals surface area contributed by atoms with Crippen molar-refractivity contribution in [3.05, 3.63) is 67.0 Å². The minimum Gasteiger partial charge on any atom is -0.300 e. The number of rotatable bonds is 2. The zero-order valence-electron chi connectivity index (χ0n) is 11.2. The summed E-state index contributed by atoms with van der Waals surface area (Å²) >= 11 is 7.03. The van der Waals surface area contributed by atoms with Crippen molar-refractivity contribution < 1.29 is 4.79 Å². The van der Waals surface area contributed by atoms with Gasteiger partial charge in [-0.2, -0.15) is 0 Å². The minimum absolute atomic E-state index is 0.116. The van der Waals surface area contributed by atoms with Gasteiger partial charge in [0.1, 0.15) is 0 Å². The molecule has 1 aliphatic heterocycles. The van der Waals surface area contributed by atoms with E-state index in [0.717, 1.165) is 19.3 Å². The van der Waals surface area contributed by atoms with Gasteiger partial charge in [0.15, 0.2) is 5.17 Å². The van der Waals surface area contributed by atoms with E-state index in [1.165, 1.54) is 11.8 Å². The van der Waals surface area contributed by atoms with Crippen LogP contribution in [0.25, 0.3) is 6.08 Å². The molecule has 1 N–H and O–H groups in total. The quantitative estimate of drug-likeness (QED) is 0.484. The lowest BCUT2D eigenvalue weighted by Crippen LogP contribution is -2.19. The Hall–Kier alpha value is -1.12. The molecule has 3 rings (SSSR count). The van der Waals surface area contributed by atoms with Crippen molar-refractivity contribution in [1.29, 1.82) is 0 Å². The highest BCUT2D eigenvalue weighted by atomic mass is 127. The summed E-state index contributed by atoms with van der Waals surface area (Å²) in [4.78, 5) is 17.1. The predicted molar refractivity (Wildman–Crippen MR) is 104 cm³/mol. The third-order valence-corrected chi connectivity index (χ3v) is 4.98. The number of hydrogen-bond donors (Lipinski definition) is 1. The van der Waals surface area contributed by atoms with Gasteiger partial charge in [-0.1, -0.05) is 28.1 Å². The molecule has 1 heterocycles. The van der Waals surface area contributed by atoms with Gasteiger partial charge in [-0.15, -0.1) is 0 Å². The second-order valence-corrected chi connectivity index (χ2v) is 7.71. The molecule has 1 saturated heterocycles. The smallest absolute Gasteiger partial charge is 0.264 e. The first-order valence-electron chi connectivity index (χ1n) is 6.41. The Morgan fingerprint density at radius 3 is 2.68 bits per heavy atom. The Morgan fingerprint density at radius 2 is 1.95 bits per heavy atom. The van der Waals surface area contributed by atoms with E-state index in [-0.39, 0.29) is 5.91 Å². The zero-order chi connectivity index (χ0) is 15.5. The molecule has 0 saturated carbocycles. The molecule has 6 heteroatoms. The number of nitrogens with zero attached hydrogens (tertiary/aromatic N) is 1. The highest BCUT2D eigenvalue weighted by Crippen LogP contribution is 2.28. The van der Waals surface area contributed by atoms with Crippen molar-refractivity contribution in [2.45, 2.75) is 0 Å². The van der Waals surface area contributed by atoms with Gasteiger partial charge in [0, 0.05) is 8.04 Å². The summed E-state index contributed by atoms with van der Waals surface area (Å²) in [5, 5.41) is 3.40. The van der Waals surface area contributed by atoms with Crippen LogP contribution in [0.15, 0.2) is 62.9 Å². The van der Waals surface area contributed by atoms with Crippen molar-refractivity contribution in [2.24, 2.45) is 4.99 Å². The Labute approximate surface area is 154 Å². The predicted octanol–water partition coefficient (Wildman–Crippen LogP) is 4.95. The number of benzene rings is 2. The van der Waals surface area contributed by atoms with Crippen molar-refractivity contribution >= 4 is 73.1 Å². The topological polar surface area (TPSA) is 41.5 Å². The number of hydrogen-bond acceptors (Lipinski definition) is 3. The van der Waals surface area contributed by atoms with E-state index in [1.807, 2.05) is 54.6 Å². The summed E-state index contributed by atoms with van der Waals surface area (Å²) < 4.78 is 2.14. The molecule has 2 aromatic carbocycles. The molecule has 22 heavy (non-hydrogen) atoms. The minimum atomic E-state index is -0.116. The summed E-state index contributed by atoms with van der Waals surface area (Å²) in [7, 11) is 0. The van der Waals surface area contributed by atoms with Crippen LogP contribution in [-0.2, 0) is 4.79 Å². The SMILES string of the molecule is O=C1NC(=Nc2ccc(I)cc2)S/C1=C/c1cccc(Br)c1. The maximum absolute atomic E-state index is 12.0. The lowest BCUT2D eigenvalue weighted by molar-refractivity contribution is -0.115. The van der Waals surface area contributed by atoms with Crippen LogP contribution in [0.4, 0.5) is 5.69 Å². The fourth-order valence-electron chi connectivity index (χ4n) is 1.86. The van der Waals surface area contributed by atoms with Crippen molar-refractivity contribution in [2.75, 3.05) is 0 Å². The van der Waals surface area contributed by atoms with Crippen molar-refractivity contribution in [3.63, 3.8) is 0 Å². The number of amides is 1. The normalized spacial score (nSPS) is 18.0. The van der Waals surface area contributed by atoms with Crippen LogP contribution in [0.2, 0.25) is 0 Å².